The molecule has 0 atom stereocenters. The third-order valence-corrected chi connectivity index (χ3v) is 1.37. The monoisotopic (exact) mass is 181 g/mol. The second kappa shape index (κ2) is 4.30. The summed E-state index contributed by atoms with van der Waals surface area (Å²) in [5.41, 5.74) is 0. The van der Waals surface area contributed by atoms with Crippen molar-refractivity contribution in [3.8, 4) is 0 Å². The zero-order valence-corrected chi connectivity index (χ0v) is 7.27. The molecule has 11 heavy (non-hydrogen) atoms. The van der Waals surface area contributed by atoms with Crippen molar-refractivity contribution < 1.29 is 17.4 Å². The molecule has 0 radical (unpaired) electrons. The summed E-state index contributed by atoms with van der Waals surface area (Å²) in [6.45, 7) is 1.54. The van der Waals surface area contributed by atoms with E-state index < -0.39 is 10.1 Å². The lowest BCUT2D eigenvalue weighted by atomic mass is 10.6. The number of carbonyl (C=O) groups excluding carboxylic acids is 1. The van der Waals surface area contributed by atoms with Gasteiger partial charge in [-0.2, -0.15) is 8.42 Å². The van der Waals surface area contributed by atoms with Crippen LogP contribution in [-0.2, 0) is 19.1 Å². The Morgan fingerprint density at radius 1 is 1.55 bits per heavy atom. The number of hydrogen-bond donors (Lipinski definition) is 1. The van der Waals surface area contributed by atoms with E-state index in [0.29, 0.717) is 0 Å². The smallest absolute Gasteiger partial charge is 0.264 e. The third kappa shape index (κ3) is 9.38. The van der Waals surface area contributed by atoms with Crippen molar-refractivity contribution in [2.45, 2.75) is 6.92 Å². The molecular weight excluding hydrogens is 170 g/mol. The highest BCUT2D eigenvalue weighted by molar-refractivity contribution is 7.85. The van der Waals surface area contributed by atoms with Crippen molar-refractivity contribution in [3.05, 3.63) is 0 Å². The van der Waals surface area contributed by atoms with Gasteiger partial charge >= 0.3 is 0 Å². The molecule has 0 aliphatic carbocycles. The van der Waals surface area contributed by atoms with Crippen LogP contribution in [0.3, 0.4) is 0 Å². The second-order valence-electron chi connectivity index (χ2n) is 2.01. The zero-order valence-electron chi connectivity index (χ0n) is 6.46. The Morgan fingerprint density at radius 3 is 2.45 bits per heavy atom. The van der Waals surface area contributed by atoms with Crippen molar-refractivity contribution in [1.82, 2.24) is 5.32 Å². The Balaban J connectivity index is 3.37. The summed E-state index contributed by atoms with van der Waals surface area (Å²) < 4.78 is 25.0. The molecule has 66 valence electrons. The molecule has 1 amide bonds. The van der Waals surface area contributed by atoms with E-state index in [2.05, 4.69) is 9.50 Å². The largest absolute Gasteiger partial charge is 0.354 e. The molecule has 0 saturated heterocycles. The summed E-state index contributed by atoms with van der Waals surface area (Å²) in [6, 6.07) is 0. The minimum Gasteiger partial charge on any atom is -0.354 e. The minimum absolute atomic E-state index is 0.0155. The van der Waals surface area contributed by atoms with Crippen LogP contribution in [0.15, 0.2) is 0 Å². The maximum Gasteiger partial charge on any atom is 0.264 e. The van der Waals surface area contributed by atoms with Crippen LogP contribution < -0.4 is 5.32 Å². The van der Waals surface area contributed by atoms with E-state index >= 15 is 0 Å². The lowest BCUT2D eigenvalue weighted by molar-refractivity contribution is -0.119. The highest BCUT2D eigenvalue weighted by Gasteiger charge is 1.99. The van der Waals surface area contributed by atoms with E-state index in [4.69, 9.17) is 0 Å². The Morgan fingerprint density at radius 2 is 2.09 bits per heavy atom. The topological polar surface area (TPSA) is 72.5 Å². The maximum atomic E-state index is 10.3. The number of nitrogens with one attached hydrogen (secondary N) is 1. The molecule has 0 aliphatic heterocycles. The lowest BCUT2D eigenvalue weighted by Gasteiger charge is -2.00. The molecule has 0 bridgehead atoms. The van der Waals surface area contributed by atoms with E-state index in [9.17, 15) is 13.2 Å². The second-order valence-corrected chi connectivity index (χ2v) is 3.65. The molecule has 1 N–H and O–H groups in total. The van der Waals surface area contributed by atoms with E-state index in [0.717, 1.165) is 6.26 Å². The van der Waals surface area contributed by atoms with Crippen LogP contribution in [0.2, 0.25) is 0 Å². The highest BCUT2D eigenvalue weighted by atomic mass is 32.2. The first-order valence-electron chi connectivity index (χ1n) is 3.00. The van der Waals surface area contributed by atoms with Crippen LogP contribution in [-0.4, -0.2) is 33.7 Å². The third-order valence-electron chi connectivity index (χ3n) is 0.773. The van der Waals surface area contributed by atoms with Gasteiger partial charge in [-0.05, 0) is 0 Å². The average molecular weight is 181 g/mol. The molecule has 0 aromatic carbocycles. The van der Waals surface area contributed by atoms with Crippen molar-refractivity contribution in [3.63, 3.8) is 0 Å². The minimum atomic E-state index is -3.37. The Bertz CT molecular complexity index is 221. The first-order chi connectivity index (χ1) is 4.92. The molecule has 0 aromatic rings. The quantitative estimate of drug-likeness (QED) is 0.450. The fourth-order valence-corrected chi connectivity index (χ4v) is 0.806. The van der Waals surface area contributed by atoms with Gasteiger partial charge in [-0.25, -0.2) is 0 Å². The molecule has 0 saturated carbocycles. The maximum absolute atomic E-state index is 10.3. The molecular formula is C5H11NO4S. The average Bonchev–Trinajstić information content (AvgIpc) is 1.78. The van der Waals surface area contributed by atoms with Gasteiger partial charge in [0.05, 0.1) is 12.9 Å². The van der Waals surface area contributed by atoms with Gasteiger partial charge in [0.25, 0.3) is 10.1 Å². The fourth-order valence-electron chi connectivity index (χ4n) is 0.420. The molecule has 0 spiro atoms. The first kappa shape index (κ1) is 10.4. The summed E-state index contributed by atoms with van der Waals surface area (Å²) in [6.07, 6.45) is 0.959. The molecule has 6 heteroatoms. The molecule has 5 nitrogen and oxygen atoms in total. The van der Waals surface area contributed by atoms with Gasteiger partial charge in [-0.1, -0.05) is 0 Å². The Hall–Kier alpha value is -0.620. The van der Waals surface area contributed by atoms with Crippen LogP contribution in [0.1, 0.15) is 6.92 Å². The van der Waals surface area contributed by atoms with Crippen LogP contribution >= 0.6 is 0 Å². The van der Waals surface area contributed by atoms with E-state index in [1.54, 1.807) is 0 Å². The van der Waals surface area contributed by atoms with Crippen LogP contribution in [0.4, 0.5) is 0 Å². The molecule has 0 rings (SSSR count). The van der Waals surface area contributed by atoms with Crippen LogP contribution in [0, 0.1) is 0 Å². The molecule has 0 aromatic heterocycles. The van der Waals surface area contributed by atoms with E-state index in [1.807, 2.05) is 0 Å². The number of amides is 1. The lowest BCUT2D eigenvalue weighted by Crippen LogP contribution is -2.25. The summed E-state index contributed by atoms with van der Waals surface area (Å²) in [5.74, 6) is -0.206. The van der Waals surface area contributed by atoms with Crippen molar-refractivity contribution >= 4 is 16.0 Å². The zero-order chi connectivity index (χ0) is 8.91. The van der Waals surface area contributed by atoms with Gasteiger partial charge in [-0.3, -0.25) is 8.98 Å². The van der Waals surface area contributed by atoms with E-state index in [1.165, 1.54) is 6.92 Å². The summed E-state index contributed by atoms with van der Waals surface area (Å²) in [7, 11) is -3.37. The van der Waals surface area contributed by atoms with Crippen LogP contribution in [0.5, 0.6) is 0 Å². The molecule has 0 aliphatic rings. The highest BCUT2D eigenvalue weighted by Crippen LogP contribution is 1.83. The van der Waals surface area contributed by atoms with Gasteiger partial charge in [-0.15, -0.1) is 0 Å². The summed E-state index contributed by atoms with van der Waals surface area (Å²) in [4.78, 5) is 10.3. The summed E-state index contributed by atoms with van der Waals surface area (Å²) >= 11 is 0. The SMILES string of the molecule is CC(=O)NCCOS(C)(=O)=O. The van der Waals surface area contributed by atoms with Crippen molar-refractivity contribution in [2.75, 3.05) is 19.4 Å². The standard InChI is InChI=1S/C5H11NO4S/c1-5(7)6-3-4-10-11(2,8)9/h3-4H2,1-2H3,(H,6,7). The van der Waals surface area contributed by atoms with Crippen molar-refractivity contribution in [1.29, 1.82) is 0 Å². The normalized spacial score (nSPS) is 11.1. The number of hydrogen-bond acceptors (Lipinski definition) is 4. The first-order valence-corrected chi connectivity index (χ1v) is 4.82. The predicted octanol–water partition coefficient (Wildman–Crippen LogP) is -0.901. The molecule has 0 unspecified atom stereocenters. The van der Waals surface area contributed by atoms with Gasteiger partial charge < -0.3 is 5.32 Å². The van der Waals surface area contributed by atoms with Gasteiger partial charge in [0.2, 0.25) is 5.91 Å². The molecule has 0 heterocycles. The van der Waals surface area contributed by atoms with E-state index in [-0.39, 0.29) is 19.1 Å². The number of rotatable bonds is 4. The van der Waals surface area contributed by atoms with Gasteiger partial charge in [0.15, 0.2) is 0 Å². The van der Waals surface area contributed by atoms with Gasteiger partial charge in [0.1, 0.15) is 0 Å². The molecule has 0 fully saturated rings. The van der Waals surface area contributed by atoms with Crippen LogP contribution in [0.25, 0.3) is 0 Å². The predicted molar refractivity (Wildman–Crippen MR) is 39.5 cm³/mol. The number of carbonyl (C=O) groups is 1. The van der Waals surface area contributed by atoms with Gasteiger partial charge in [0, 0.05) is 13.5 Å². The van der Waals surface area contributed by atoms with Crippen molar-refractivity contribution in [2.24, 2.45) is 0 Å². The Labute approximate surface area is 65.9 Å². The fraction of sp³-hybridized carbons (Fsp3) is 0.800. The Kier molecular flexibility index (Phi) is 4.06. The summed E-state index contributed by atoms with van der Waals surface area (Å²) in [5, 5.41) is 2.39.